The first kappa shape index (κ1) is 18.1. The molecule has 0 aliphatic carbocycles. The summed E-state index contributed by atoms with van der Waals surface area (Å²) in [6.45, 7) is 2.08. The van der Waals surface area contributed by atoms with Crippen LogP contribution in [0.1, 0.15) is 16.7 Å². The van der Waals surface area contributed by atoms with Crippen LogP contribution in [-0.2, 0) is 11.3 Å². The van der Waals surface area contributed by atoms with Gasteiger partial charge in [0.2, 0.25) is 0 Å². The average molecular weight is 367 g/mol. The van der Waals surface area contributed by atoms with Crippen LogP contribution >= 0.6 is 0 Å². The van der Waals surface area contributed by atoms with Crippen molar-refractivity contribution in [1.29, 1.82) is 0 Å². The highest BCUT2D eigenvalue weighted by Crippen LogP contribution is 2.27. The molecule has 27 heavy (non-hydrogen) atoms. The maximum atomic E-state index is 12.6. The van der Waals surface area contributed by atoms with Crippen LogP contribution in [0.2, 0.25) is 0 Å². The van der Waals surface area contributed by atoms with Crippen molar-refractivity contribution in [2.24, 2.45) is 0 Å². The smallest absolute Gasteiger partial charge is 0.329 e. The number of non-ortho nitro benzene ring substituents is 1. The second kappa shape index (κ2) is 7.28. The summed E-state index contributed by atoms with van der Waals surface area (Å²) >= 11 is 0. The lowest BCUT2D eigenvalue weighted by Gasteiger charge is -2.11. The minimum atomic E-state index is -0.545. The zero-order valence-electron chi connectivity index (χ0n) is 14.8. The zero-order valence-corrected chi connectivity index (χ0v) is 14.8. The summed E-state index contributed by atoms with van der Waals surface area (Å²) < 4.78 is 5.18. The predicted octanol–water partition coefficient (Wildman–Crippen LogP) is 3.00. The molecule has 0 atom stereocenters. The van der Waals surface area contributed by atoms with Crippen molar-refractivity contribution < 1.29 is 19.2 Å². The molecule has 1 N–H and O–H groups in total. The lowest BCUT2D eigenvalue weighted by molar-refractivity contribution is -0.384. The number of methoxy groups -OCH3 is 1. The molecule has 3 amide bonds. The molecule has 1 aliphatic heterocycles. The molecule has 138 valence electrons. The van der Waals surface area contributed by atoms with Gasteiger partial charge in [-0.3, -0.25) is 19.8 Å². The van der Waals surface area contributed by atoms with Crippen LogP contribution in [0.4, 0.5) is 10.5 Å². The number of nitrogens with zero attached hydrogens (tertiary/aromatic N) is 2. The summed E-state index contributed by atoms with van der Waals surface area (Å²) in [4.78, 5) is 36.3. The Kier molecular flexibility index (Phi) is 4.89. The number of carbonyl (C=O) groups excluding carboxylic acids is 2. The second-order valence-electron chi connectivity index (χ2n) is 6.05. The zero-order chi connectivity index (χ0) is 19.6. The molecule has 2 aromatic carbocycles. The van der Waals surface area contributed by atoms with Crippen LogP contribution in [-0.4, -0.2) is 28.9 Å². The van der Waals surface area contributed by atoms with Gasteiger partial charge in [-0.25, -0.2) is 4.79 Å². The van der Waals surface area contributed by atoms with Crippen LogP contribution in [0.25, 0.3) is 6.08 Å². The average Bonchev–Trinajstić information content (AvgIpc) is 2.90. The molecule has 1 aliphatic rings. The number of carbonyl (C=O) groups is 2. The molecule has 0 aromatic heterocycles. The number of amides is 3. The molecule has 8 heteroatoms. The van der Waals surface area contributed by atoms with Gasteiger partial charge in [-0.1, -0.05) is 29.8 Å². The summed E-state index contributed by atoms with van der Waals surface area (Å²) in [5, 5.41) is 13.5. The lowest BCUT2D eigenvalue weighted by atomic mass is 10.1. The number of hydrogen-bond acceptors (Lipinski definition) is 5. The molecule has 0 bridgehead atoms. The SMILES string of the molecule is COc1ccc([N+](=O)[O-])cc1/C=C1/NC(=O)N(Cc2ccc(C)cc2)C1=O. The normalized spacial score (nSPS) is 15.2. The number of nitro benzene ring substituents is 1. The van der Waals surface area contributed by atoms with Crippen LogP contribution < -0.4 is 10.1 Å². The molecule has 3 rings (SSSR count). The number of benzene rings is 2. The number of urea groups is 1. The van der Waals surface area contributed by atoms with Gasteiger partial charge in [0.05, 0.1) is 18.6 Å². The molecular formula is C19H17N3O5. The molecule has 1 saturated heterocycles. The Hall–Kier alpha value is -3.68. The first-order chi connectivity index (χ1) is 12.9. The highest BCUT2D eigenvalue weighted by molar-refractivity contribution is 6.14. The van der Waals surface area contributed by atoms with Crippen LogP contribution in [0.5, 0.6) is 5.75 Å². The molecule has 1 fully saturated rings. The molecule has 0 saturated carbocycles. The first-order valence-electron chi connectivity index (χ1n) is 8.11. The third kappa shape index (κ3) is 3.79. The number of rotatable bonds is 5. The Morgan fingerprint density at radius 2 is 1.89 bits per heavy atom. The van der Waals surface area contributed by atoms with Gasteiger partial charge < -0.3 is 10.1 Å². The summed E-state index contributed by atoms with van der Waals surface area (Å²) in [5.41, 5.74) is 2.11. The van der Waals surface area contributed by atoms with Crippen molar-refractivity contribution in [3.63, 3.8) is 0 Å². The predicted molar refractivity (Wildman–Crippen MR) is 97.9 cm³/mol. The highest BCUT2D eigenvalue weighted by Gasteiger charge is 2.33. The first-order valence-corrected chi connectivity index (χ1v) is 8.11. The largest absolute Gasteiger partial charge is 0.496 e. The van der Waals surface area contributed by atoms with Crippen LogP contribution in [0, 0.1) is 17.0 Å². The molecular weight excluding hydrogens is 350 g/mol. The Morgan fingerprint density at radius 1 is 1.19 bits per heavy atom. The van der Waals surface area contributed by atoms with Crippen molar-refractivity contribution in [2.45, 2.75) is 13.5 Å². The fourth-order valence-corrected chi connectivity index (χ4v) is 2.69. The van der Waals surface area contributed by atoms with Gasteiger partial charge in [0, 0.05) is 17.7 Å². The van der Waals surface area contributed by atoms with Gasteiger partial charge in [0.1, 0.15) is 11.4 Å². The van der Waals surface area contributed by atoms with E-state index in [9.17, 15) is 19.7 Å². The van der Waals surface area contributed by atoms with Crippen molar-refractivity contribution >= 4 is 23.7 Å². The third-order valence-corrected chi connectivity index (χ3v) is 4.15. The highest BCUT2D eigenvalue weighted by atomic mass is 16.6. The number of nitro groups is 1. The second-order valence-corrected chi connectivity index (χ2v) is 6.05. The number of nitrogens with one attached hydrogen (secondary N) is 1. The molecule has 0 radical (unpaired) electrons. The van der Waals surface area contributed by atoms with E-state index >= 15 is 0 Å². The third-order valence-electron chi connectivity index (χ3n) is 4.15. The molecule has 0 unspecified atom stereocenters. The minimum Gasteiger partial charge on any atom is -0.496 e. The molecule has 0 spiro atoms. The standard InChI is InChI=1S/C19H17N3O5/c1-12-3-5-13(6-4-12)11-21-18(23)16(20-19(21)24)10-14-9-15(22(25)26)7-8-17(14)27-2/h3-10H,11H2,1-2H3,(H,20,24)/b16-10+. The van der Waals surface area contributed by atoms with E-state index in [-0.39, 0.29) is 17.9 Å². The van der Waals surface area contributed by atoms with Crippen molar-refractivity contribution in [3.05, 3.63) is 75.0 Å². The van der Waals surface area contributed by atoms with Gasteiger partial charge in [-0.2, -0.15) is 0 Å². The van der Waals surface area contributed by atoms with E-state index in [0.717, 1.165) is 16.0 Å². The number of ether oxygens (including phenoxy) is 1. The number of aryl methyl sites for hydroxylation is 1. The fraction of sp³-hybridized carbons (Fsp3) is 0.158. The summed E-state index contributed by atoms with van der Waals surface area (Å²) in [6.07, 6.45) is 1.38. The van der Waals surface area contributed by atoms with Gasteiger partial charge >= 0.3 is 6.03 Å². The molecule has 8 nitrogen and oxygen atoms in total. The fourth-order valence-electron chi connectivity index (χ4n) is 2.69. The topological polar surface area (TPSA) is 102 Å². The Balaban J connectivity index is 1.89. The number of imide groups is 1. The van der Waals surface area contributed by atoms with Gasteiger partial charge in [0.15, 0.2) is 0 Å². The summed E-state index contributed by atoms with van der Waals surface area (Å²) in [6, 6.07) is 11.0. The lowest BCUT2D eigenvalue weighted by Crippen LogP contribution is -2.30. The molecule has 1 heterocycles. The molecule has 2 aromatic rings. The Labute approximate surface area is 155 Å². The van der Waals surface area contributed by atoms with Crippen molar-refractivity contribution in [3.8, 4) is 5.75 Å². The van der Waals surface area contributed by atoms with Crippen molar-refractivity contribution in [2.75, 3.05) is 7.11 Å². The Bertz CT molecular complexity index is 950. The van der Waals surface area contributed by atoms with E-state index in [1.165, 1.54) is 31.4 Å². The van der Waals surface area contributed by atoms with Crippen molar-refractivity contribution in [1.82, 2.24) is 10.2 Å². The van der Waals surface area contributed by atoms with Crippen LogP contribution in [0.3, 0.4) is 0 Å². The maximum Gasteiger partial charge on any atom is 0.329 e. The van der Waals surface area contributed by atoms with Gasteiger partial charge in [-0.05, 0) is 24.6 Å². The maximum absolute atomic E-state index is 12.6. The van der Waals surface area contributed by atoms with E-state index in [1.54, 1.807) is 0 Å². The quantitative estimate of drug-likeness (QED) is 0.379. The van der Waals surface area contributed by atoms with E-state index in [2.05, 4.69) is 5.32 Å². The number of hydrogen-bond donors (Lipinski definition) is 1. The summed E-state index contributed by atoms with van der Waals surface area (Å²) in [7, 11) is 1.42. The Morgan fingerprint density at radius 3 is 2.52 bits per heavy atom. The summed E-state index contributed by atoms with van der Waals surface area (Å²) in [5.74, 6) is -0.152. The van der Waals surface area contributed by atoms with Gasteiger partial charge in [0.25, 0.3) is 11.6 Å². The van der Waals surface area contributed by atoms with E-state index < -0.39 is 16.9 Å². The van der Waals surface area contributed by atoms with E-state index in [0.29, 0.717) is 11.3 Å². The minimum absolute atomic E-state index is 0.0332. The monoisotopic (exact) mass is 367 g/mol. The van der Waals surface area contributed by atoms with Crippen LogP contribution in [0.15, 0.2) is 48.2 Å². The van der Waals surface area contributed by atoms with E-state index in [4.69, 9.17) is 4.74 Å². The van der Waals surface area contributed by atoms with Gasteiger partial charge in [-0.15, -0.1) is 0 Å². The van der Waals surface area contributed by atoms with E-state index in [1.807, 2.05) is 31.2 Å².